The van der Waals surface area contributed by atoms with Gasteiger partial charge in [-0.1, -0.05) is 41.0 Å². The van der Waals surface area contributed by atoms with E-state index in [0.29, 0.717) is 0 Å². The first kappa shape index (κ1) is 28.2. The van der Waals surface area contributed by atoms with Gasteiger partial charge in [-0.25, -0.2) is 4.98 Å². The number of aromatic nitrogens is 1. The molecule has 0 aromatic carbocycles. The smallest absolute Gasteiger partial charge is 0.143 e. The molecule has 30 heavy (non-hydrogen) atoms. The minimum absolute atomic E-state index is 0.209. The van der Waals surface area contributed by atoms with E-state index in [9.17, 15) is 4.79 Å². The Morgan fingerprint density at radius 1 is 1.07 bits per heavy atom. The molecule has 0 spiro atoms. The molecule has 0 saturated carbocycles. The third-order valence-electron chi connectivity index (χ3n) is 4.36. The highest BCUT2D eigenvalue weighted by atomic mass is 32.2. The van der Waals surface area contributed by atoms with Crippen molar-refractivity contribution in [3.63, 3.8) is 0 Å². The Labute approximate surface area is 188 Å². The van der Waals surface area contributed by atoms with Crippen molar-refractivity contribution in [1.29, 1.82) is 0 Å². The molecule has 0 aliphatic rings. The summed E-state index contributed by atoms with van der Waals surface area (Å²) < 4.78 is 0. The Hall–Kier alpha value is -1.85. The molecule has 0 aliphatic heterocycles. The lowest BCUT2D eigenvalue weighted by atomic mass is 10.1. The molecule has 0 saturated heterocycles. The summed E-state index contributed by atoms with van der Waals surface area (Å²) in [5.74, 6) is 2.44. The van der Waals surface area contributed by atoms with Crippen molar-refractivity contribution in [3.8, 4) is 0 Å². The van der Waals surface area contributed by atoms with Gasteiger partial charge in [-0.3, -0.25) is 0 Å². The van der Waals surface area contributed by atoms with Gasteiger partial charge < -0.3 is 15.2 Å². The zero-order valence-electron chi connectivity index (χ0n) is 19.6. The Morgan fingerprint density at radius 3 is 2.30 bits per heavy atom. The van der Waals surface area contributed by atoms with Crippen LogP contribution in [-0.4, -0.2) is 41.0 Å². The van der Waals surface area contributed by atoms with E-state index in [-0.39, 0.29) is 6.04 Å². The zero-order valence-corrected chi connectivity index (χ0v) is 20.4. The number of carbonyl (C=O) groups is 1. The number of pyridine rings is 1. The zero-order chi connectivity index (χ0) is 22.8. The molecule has 0 aliphatic carbocycles. The molecular weight excluding hydrogens is 392 g/mol. The maximum Gasteiger partial charge on any atom is 0.143 e. The van der Waals surface area contributed by atoms with Gasteiger partial charge in [-0.15, -0.1) is 0 Å². The number of aryl methyl sites for hydroxylation is 1. The second-order valence-electron chi connectivity index (χ2n) is 7.55. The van der Waals surface area contributed by atoms with Crippen molar-refractivity contribution in [1.82, 2.24) is 4.98 Å². The number of anilines is 1. The number of allylic oxidation sites excluding steroid dienone is 5. The minimum atomic E-state index is -0.209. The van der Waals surface area contributed by atoms with Gasteiger partial charge in [0.05, 0.1) is 6.04 Å². The van der Waals surface area contributed by atoms with Crippen molar-refractivity contribution >= 4 is 23.9 Å². The van der Waals surface area contributed by atoms with Crippen LogP contribution in [0.15, 0.2) is 53.1 Å². The normalized spacial score (nSPS) is 12.5. The summed E-state index contributed by atoms with van der Waals surface area (Å²) in [6, 6.07) is 5.58. The maximum atomic E-state index is 11.3. The third-order valence-corrected chi connectivity index (χ3v) is 5.35. The Balaban J connectivity index is 0.00000407. The van der Waals surface area contributed by atoms with Gasteiger partial charge in [0.15, 0.2) is 0 Å². The highest BCUT2D eigenvalue weighted by Gasteiger charge is 2.07. The van der Waals surface area contributed by atoms with Crippen LogP contribution in [0.5, 0.6) is 0 Å². The molecule has 1 aromatic rings. The number of aliphatic hydroxyl groups excluding tert-OH is 1. The summed E-state index contributed by atoms with van der Waals surface area (Å²) >= 11 is 1.77. The van der Waals surface area contributed by atoms with E-state index in [4.69, 9.17) is 5.11 Å². The number of hydrogen-bond acceptors (Lipinski definition) is 5. The molecule has 1 unspecified atom stereocenters. The van der Waals surface area contributed by atoms with Crippen molar-refractivity contribution in [2.24, 2.45) is 0 Å². The number of nitrogens with one attached hydrogen (secondary N) is 1. The summed E-state index contributed by atoms with van der Waals surface area (Å²) in [5.41, 5.74) is 5.23. The average Bonchev–Trinajstić information content (AvgIpc) is 2.71. The molecule has 0 amide bonds. The lowest BCUT2D eigenvalue weighted by molar-refractivity contribution is -0.108. The topological polar surface area (TPSA) is 62.2 Å². The number of aldehydes is 1. The van der Waals surface area contributed by atoms with Gasteiger partial charge in [0.2, 0.25) is 0 Å². The number of aliphatic hydroxyl groups is 1. The SMILES string of the molecule is CC(C)=CCC/C(C)=C/CC/C(C)=C/CSCC(C=O)Nc1cccc(C)n1.CO. The van der Waals surface area contributed by atoms with Crippen molar-refractivity contribution in [2.75, 3.05) is 23.9 Å². The molecule has 0 radical (unpaired) electrons. The molecule has 1 atom stereocenters. The van der Waals surface area contributed by atoms with Crippen LogP contribution in [0.3, 0.4) is 0 Å². The molecule has 4 nitrogen and oxygen atoms in total. The van der Waals surface area contributed by atoms with Crippen molar-refractivity contribution < 1.29 is 9.90 Å². The molecule has 0 bridgehead atoms. The summed E-state index contributed by atoms with van der Waals surface area (Å²) in [7, 11) is 1.00. The van der Waals surface area contributed by atoms with E-state index in [0.717, 1.165) is 62.1 Å². The lowest BCUT2D eigenvalue weighted by Crippen LogP contribution is -2.24. The van der Waals surface area contributed by atoms with Gasteiger partial charge in [0, 0.05) is 24.3 Å². The summed E-state index contributed by atoms with van der Waals surface area (Å²) in [6.07, 6.45) is 12.4. The Kier molecular flexibility index (Phi) is 16.9. The fraction of sp³-hybridized carbons (Fsp3) is 0.520. The number of rotatable bonds is 13. The first-order valence-electron chi connectivity index (χ1n) is 10.5. The van der Waals surface area contributed by atoms with Gasteiger partial charge in [-0.05, 0) is 72.4 Å². The van der Waals surface area contributed by atoms with Crippen molar-refractivity contribution in [3.05, 3.63) is 58.8 Å². The fourth-order valence-corrected chi connectivity index (χ4v) is 3.62. The number of thioether (sulfide) groups is 1. The number of nitrogens with zero attached hydrogens (tertiary/aromatic N) is 1. The largest absolute Gasteiger partial charge is 0.400 e. The van der Waals surface area contributed by atoms with Crippen LogP contribution in [0.1, 0.15) is 59.1 Å². The lowest BCUT2D eigenvalue weighted by Gasteiger charge is -2.13. The quantitative estimate of drug-likeness (QED) is 0.223. The van der Waals surface area contributed by atoms with Crippen molar-refractivity contribution in [2.45, 2.75) is 66.3 Å². The molecule has 1 heterocycles. The molecule has 1 aromatic heterocycles. The van der Waals surface area contributed by atoms with E-state index in [2.05, 4.69) is 56.2 Å². The fourth-order valence-electron chi connectivity index (χ4n) is 2.66. The van der Waals surface area contributed by atoms with E-state index in [1.807, 2.05) is 25.1 Å². The molecule has 168 valence electrons. The standard InChI is InChI=1S/C24H36N2OS.CH4O/c1-19(2)9-6-10-20(3)11-7-12-21(4)15-16-28-18-23(17-27)26-24-14-8-13-22(5)25-24;1-2/h8-9,11,13-15,17,23H,6-7,10,12,16,18H2,1-5H3,(H,25,26);2H,1H3/b20-11+,21-15+;. The van der Waals surface area contributed by atoms with E-state index < -0.39 is 0 Å². The van der Waals surface area contributed by atoms with Crippen LogP contribution < -0.4 is 5.32 Å². The Morgan fingerprint density at radius 2 is 1.70 bits per heavy atom. The Bertz CT molecular complexity index is 692. The van der Waals surface area contributed by atoms with Crippen LogP contribution in [0.2, 0.25) is 0 Å². The summed E-state index contributed by atoms with van der Waals surface area (Å²) in [4.78, 5) is 15.7. The predicted octanol–water partition coefficient (Wildman–Crippen LogP) is 6.13. The molecule has 1 rings (SSSR count). The molecular formula is C25H40N2O2S. The van der Waals surface area contributed by atoms with Gasteiger partial charge in [0.1, 0.15) is 12.1 Å². The van der Waals surface area contributed by atoms with Crippen LogP contribution in [-0.2, 0) is 4.79 Å². The minimum Gasteiger partial charge on any atom is -0.400 e. The van der Waals surface area contributed by atoms with Gasteiger partial charge >= 0.3 is 0 Å². The second-order valence-corrected chi connectivity index (χ2v) is 8.62. The first-order chi connectivity index (χ1) is 14.4. The molecule has 2 N–H and O–H groups in total. The first-order valence-corrected chi connectivity index (χ1v) is 11.7. The van der Waals surface area contributed by atoms with Gasteiger partial charge in [0.25, 0.3) is 0 Å². The number of carbonyl (C=O) groups excluding carboxylic acids is 1. The number of hydrogen-bond donors (Lipinski definition) is 2. The highest BCUT2D eigenvalue weighted by Crippen LogP contribution is 2.14. The molecule has 5 heteroatoms. The van der Waals surface area contributed by atoms with E-state index in [1.165, 1.54) is 16.7 Å². The van der Waals surface area contributed by atoms with Crippen LogP contribution >= 0.6 is 11.8 Å². The summed E-state index contributed by atoms with van der Waals surface area (Å²) in [6.45, 7) is 10.7. The second kappa shape index (κ2) is 18.0. The monoisotopic (exact) mass is 432 g/mol. The third kappa shape index (κ3) is 15.1. The summed E-state index contributed by atoms with van der Waals surface area (Å²) in [5, 5.41) is 10.2. The van der Waals surface area contributed by atoms with Crippen LogP contribution in [0.25, 0.3) is 0 Å². The highest BCUT2D eigenvalue weighted by molar-refractivity contribution is 7.99. The van der Waals surface area contributed by atoms with Crippen LogP contribution in [0, 0.1) is 6.92 Å². The predicted molar refractivity (Wildman–Crippen MR) is 133 cm³/mol. The van der Waals surface area contributed by atoms with E-state index in [1.54, 1.807) is 11.8 Å². The average molecular weight is 433 g/mol. The molecule has 0 fully saturated rings. The van der Waals surface area contributed by atoms with Crippen LogP contribution in [0.4, 0.5) is 5.82 Å². The van der Waals surface area contributed by atoms with Gasteiger partial charge in [-0.2, -0.15) is 11.8 Å². The maximum absolute atomic E-state index is 11.3. The van der Waals surface area contributed by atoms with E-state index >= 15 is 0 Å².